The number of carboxylic acid groups (broad SMARTS) is 1. The average Bonchev–Trinajstić information content (AvgIpc) is 2.31. The third-order valence-corrected chi connectivity index (χ3v) is 5.27. The Morgan fingerprint density at radius 1 is 1.05 bits per heavy atom. The second kappa shape index (κ2) is 4.69. The number of nitrogens with one attached hydrogen (secondary N) is 2. The Bertz CT molecular complexity index is 368. The first-order valence-electron chi connectivity index (χ1n) is 7.32. The molecule has 0 aromatic carbocycles. The molecule has 1 atom stereocenters. The maximum absolute atomic E-state index is 12.0. The van der Waals surface area contributed by atoms with Crippen molar-refractivity contribution in [2.24, 2.45) is 23.7 Å². The van der Waals surface area contributed by atoms with Gasteiger partial charge in [-0.15, -0.1) is 0 Å². The van der Waals surface area contributed by atoms with Gasteiger partial charge >= 0.3 is 6.09 Å². The maximum Gasteiger partial charge on any atom is 0.405 e. The van der Waals surface area contributed by atoms with Crippen LogP contribution in [0.2, 0.25) is 0 Å². The summed E-state index contributed by atoms with van der Waals surface area (Å²) in [6, 6.07) is -0.395. The van der Waals surface area contributed by atoms with Crippen molar-refractivity contribution in [2.75, 3.05) is 0 Å². The minimum Gasteiger partial charge on any atom is -0.465 e. The highest BCUT2D eigenvalue weighted by Gasteiger charge is 2.48. The highest BCUT2D eigenvalue weighted by molar-refractivity contribution is 5.85. The summed E-state index contributed by atoms with van der Waals surface area (Å²) in [6.07, 6.45) is 5.24. The molecule has 0 saturated heterocycles. The lowest BCUT2D eigenvalue weighted by molar-refractivity contribution is -0.126. The highest BCUT2D eigenvalue weighted by Crippen LogP contribution is 2.53. The van der Waals surface area contributed by atoms with Crippen molar-refractivity contribution in [3.8, 4) is 0 Å². The Morgan fingerprint density at radius 3 is 2.05 bits per heavy atom. The van der Waals surface area contributed by atoms with Crippen molar-refractivity contribution in [2.45, 2.75) is 51.1 Å². The first-order valence-corrected chi connectivity index (χ1v) is 7.32. The Balaban J connectivity index is 1.61. The van der Waals surface area contributed by atoms with Crippen LogP contribution in [0.3, 0.4) is 0 Å². The van der Waals surface area contributed by atoms with Crippen LogP contribution in [0.1, 0.15) is 39.0 Å². The zero-order valence-corrected chi connectivity index (χ0v) is 11.3. The molecule has 4 aliphatic carbocycles. The van der Waals surface area contributed by atoms with Crippen LogP contribution in [0.4, 0.5) is 4.79 Å². The van der Waals surface area contributed by atoms with Crippen LogP contribution in [-0.2, 0) is 4.79 Å². The molecule has 106 valence electrons. The van der Waals surface area contributed by atoms with Gasteiger partial charge in [0.2, 0.25) is 5.91 Å². The van der Waals surface area contributed by atoms with Gasteiger partial charge < -0.3 is 15.7 Å². The van der Waals surface area contributed by atoms with Crippen molar-refractivity contribution in [1.82, 2.24) is 10.6 Å². The Morgan fingerprint density at radius 2 is 1.58 bits per heavy atom. The van der Waals surface area contributed by atoms with E-state index in [1.54, 1.807) is 6.92 Å². The van der Waals surface area contributed by atoms with Crippen molar-refractivity contribution in [1.29, 1.82) is 0 Å². The van der Waals surface area contributed by atoms with E-state index in [2.05, 4.69) is 10.6 Å². The number of carbonyl (C=O) groups excluding carboxylic acids is 1. The fourth-order valence-corrected chi connectivity index (χ4v) is 4.70. The molecular formula is C14H22N2O3. The number of hydrogen-bond donors (Lipinski definition) is 3. The fraction of sp³-hybridized carbons (Fsp3) is 0.857. The molecule has 4 rings (SSSR count). The molecule has 0 radical (unpaired) electrons. The van der Waals surface area contributed by atoms with Crippen LogP contribution < -0.4 is 10.6 Å². The van der Waals surface area contributed by atoms with Gasteiger partial charge in [-0.1, -0.05) is 0 Å². The standard InChI is InChI=1S/C14H22N2O3/c1-7(15-14(18)19)13(17)16-12-10-3-8-2-9(5-10)6-11(12)4-8/h7-12,15H,2-6H2,1H3,(H,16,17)(H,18,19)/t7-,8?,9?,10?,11?,12?/m1/s1. The average molecular weight is 266 g/mol. The third-order valence-electron chi connectivity index (χ3n) is 5.27. The SMILES string of the molecule is C[C@@H](NC(=O)O)C(=O)NC1C2CC3CC(C2)CC1C3. The molecule has 4 bridgehead atoms. The van der Waals surface area contributed by atoms with Crippen molar-refractivity contribution < 1.29 is 14.7 Å². The summed E-state index contributed by atoms with van der Waals surface area (Å²) in [6.45, 7) is 1.60. The fourth-order valence-electron chi connectivity index (χ4n) is 4.70. The summed E-state index contributed by atoms with van der Waals surface area (Å²) < 4.78 is 0. The number of amides is 2. The van der Waals surface area contributed by atoms with Gasteiger partial charge in [0.15, 0.2) is 0 Å². The largest absolute Gasteiger partial charge is 0.465 e. The summed E-state index contributed by atoms with van der Waals surface area (Å²) in [5.41, 5.74) is 0. The van der Waals surface area contributed by atoms with Crippen LogP contribution in [0.15, 0.2) is 0 Å². The number of rotatable bonds is 3. The second-order valence-electron chi connectivity index (χ2n) is 6.64. The molecule has 5 nitrogen and oxygen atoms in total. The van der Waals surface area contributed by atoms with Crippen LogP contribution >= 0.6 is 0 Å². The van der Waals surface area contributed by atoms with Crippen LogP contribution in [-0.4, -0.2) is 29.2 Å². The summed E-state index contributed by atoms with van der Waals surface area (Å²) >= 11 is 0. The predicted octanol–water partition coefficient (Wildman–Crippen LogP) is 1.58. The lowest BCUT2D eigenvalue weighted by atomic mass is 9.54. The molecule has 0 aromatic heterocycles. The lowest BCUT2D eigenvalue weighted by Crippen LogP contribution is -2.58. The number of hydrogen-bond acceptors (Lipinski definition) is 2. The predicted molar refractivity (Wildman–Crippen MR) is 69.6 cm³/mol. The topological polar surface area (TPSA) is 78.4 Å². The zero-order chi connectivity index (χ0) is 13.6. The molecule has 19 heavy (non-hydrogen) atoms. The van der Waals surface area contributed by atoms with Crippen molar-refractivity contribution in [3.63, 3.8) is 0 Å². The van der Waals surface area contributed by atoms with Crippen LogP contribution in [0, 0.1) is 23.7 Å². The van der Waals surface area contributed by atoms with Crippen LogP contribution in [0.25, 0.3) is 0 Å². The summed E-state index contributed by atoms with van der Waals surface area (Å²) in [5.74, 6) is 2.82. The number of carbonyl (C=O) groups is 2. The Kier molecular flexibility index (Phi) is 3.15. The highest BCUT2D eigenvalue weighted by atomic mass is 16.4. The van der Waals surface area contributed by atoms with Gasteiger partial charge in [0.05, 0.1) is 0 Å². The van der Waals surface area contributed by atoms with E-state index in [0.29, 0.717) is 11.8 Å². The lowest BCUT2D eigenvalue weighted by Gasteiger charge is -2.54. The molecule has 3 N–H and O–H groups in total. The molecule has 5 heteroatoms. The van der Waals surface area contributed by atoms with E-state index in [1.807, 2.05) is 0 Å². The van der Waals surface area contributed by atoms with Gasteiger partial charge in [-0.2, -0.15) is 0 Å². The molecule has 0 heterocycles. The molecule has 4 saturated carbocycles. The zero-order valence-electron chi connectivity index (χ0n) is 11.3. The van der Waals surface area contributed by atoms with E-state index in [9.17, 15) is 9.59 Å². The van der Waals surface area contributed by atoms with Gasteiger partial charge in [-0.3, -0.25) is 4.79 Å². The normalized spacial score (nSPS) is 40.8. The summed E-state index contributed by atoms with van der Waals surface area (Å²) in [4.78, 5) is 22.6. The van der Waals surface area contributed by atoms with Gasteiger partial charge in [0.1, 0.15) is 6.04 Å². The molecular weight excluding hydrogens is 244 g/mol. The van der Waals surface area contributed by atoms with Crippen molar-refractivity contribution in [3.05, 3.63) is 0 Å². The second-order valence-corrected chi connectivity index (χ2v) is 6.64. The minimum atomic E-state index is -1.15. The molecule has 4 fully saturated rings. The molecule has 0 spiro atoms. The molecule has 0 unspecified atom stereocenters. The first-order chi connectivity index (χ1) is 9.02. The summed E-state index contributed by atoms with van der Waals surface area (Å²) in [5, 5.41) is 14.0. The van der Waals surface area contributed by atoms with E-state index >= 15 is 0 Å². The Hall–Kier alpha value is -1.26. The quantitative estimate of drug-likeness (QED) is 0.725. The van der Waals surface area contributed by atoms with E-state index < -0.39 is 12.1 Å². The maximum atomic E-state index is 12.0. The van der Waals surface area contributed by atoms with E-state index in [0.717, 1.165) is 11.8 Å². The minimum absolute atomic E-state index is 0.181. The first kappa shape index (κ1) is 12.8. The van der Waals surface area contributed by atoms with E-state index in [-0.39, 0.29) is 11.9 Å². The molecule has 0 aromatic rings. The van der Waals surface area contributed by atoms with Crippen LogP contribution in [0.5, 0.6) is 0 Å². The third kappa shape index (κ3) is 2.42. The summed E-state index contributed by atoms with van der Waals surface area (Å²) in [7, 11) is 0. The van der Waals surface area contributed by atoms with E-state index in [4.69, 9.17) is 5.11 Å². The van der Waals surface area contributed by atoms with Gasteiger partial charge in [0, 0.05) is 6.04 Å². The van der Waals surface area contributed by atoms with E-state index in [1.165, 1.54) is 32.1 Å². The monoisotopic (exact) mass is 266 g/mol. The Labute approximate surface area is 113 Å². The molecule has 0 aliphatic heterocycles. The van der Waals surface area contributed by atoms with Gasteiger partial charge in [-0.25, -0.2) is 4.79 Å². The molecule has 4 aliphatic rings. The van der Waals surface area contributed by atoms with Gasteiger partial charge in [-0.05, 0) is 62.7 Å². The van der Waals surface area contributed by atoms with Gasteiger partial charge in [0.25, 0.3) is 0 Å². The van der Waals surface area contributed by atoms with Crippen molar-refractivity contribution >= 4 is 12.0 Å². The molecule has 2 amide bonds. The smallest absolute Gasteiger partial charge is 0.405 e.